The van der Waals surface area contributed by atoms with Crippen molar-refractivity contribution in [1.82, 2.24) is 4.72 Å². The molecule has 1 aromatic carbocycles. The summed E-state index contributed by atoms with van der Waals surface area (Å²) < 4.78 is 30.9. The van der Waals surface area contributed by atoms with E-state index in [0.717, 1.165) is 6.42 Å². The van der Waals surface area contributed by atoms with Crippen molar-refractivity contribution in [2.24, 2.45) is 5.92 Å². The van der Waals surface area contributed by atoms with Crippen molar-refractivity contribution >= 4 is 15.7 Å². The molecule has 18 heavy (non-hydrogen) atoms. The summed E-state index contributed by atoms with van der Waals surface area (Å²) in [5.74, 6) is 1.07. The van der Waals surface area contributed by atoms with Gasteiger partial charge in [0.05, 0.1) is 17.2 Å². The zero-order chi connectivity index (χ0) is 13.8. The average Bonchev–Trinajstić information content (AvgIpc) is 2.30. The highest BCUT2D eigenvalue weighted by Gasteiger charge is 2.13. The molecular formula is C12H20N2O3S. The summed E-state index contributed by atoms with van der Waals surface area (Å²) in [6.45, 7) is 4.78. The largest absolute Gasteiger partial charge is 0.491 e. The lowest BCUT2D eigenvalue weighted by Gasteiger charge is -2.11. The summed E-state index contributed by atoms with van der Waals surface area (Å²) >= 11 is 0. The molecule has 0 aliphatic carbocycles. The van der Waals surface area contributed by atoms with Gasteiger partial charge in [0, 0.05) is 0 Å². The second kappa shape index (κ2) is 6.06. The Labute approximate surface area is 108 Å². The van der Waals surface area contributed by atoms with E-state index in [2.05, 4.69) is 18.6 Å². The molecule has 6 heteroatoms. The van der Waals surface area contributed by atoms with E-state index in [0.29, 0.717) is 24.0 Å². The molecule has 0 aliphatic heterocycles. The minimum atomic E-state index is -3.46. The van der Waals surface area contributed by atoms with Crippen LogP contribution in [0.2, 0.25) is 0 Å². The van der Waals surface area contributed by atoms with E-state index in [1.807, 2.05) is 0 Å². The number of rotatable bonds is 6. The van der Waals surface area contributed by atoms with Crippen LogP contribution in [0.25, 0.3) is 0 Å². The lowest BCUT2D eigenvalue weighted by atomic mass is 10.1. The Balaban J connectivity index is 2.81. The van der Waals surface area contributed by atoms with Crippen molar-refractivity contribution in [3.8, 4) is 5.75 Å². The van der Waals surface area contributed by atoms with Gasteiger partial charge in [0.15, 0.2) is 0 Å². The molecule has 1 rings (SSSR count). The first kappa shape index (κ1) is 14.8. The second-order valence-electron chi connectivity index (χ2n) is 4.44. The third-order valence-corrected chi connectivity index (χ3v) is 3.93. The predicted octanol–water partition coefficient (Wildman–Crippen LogP) is 1.60. The SMILES string of the molecule is CNS(=O)(=O)c1ccc(OCCC(C)C)c(N)c1. The molecule has 0 amide bonds. The van der Waals surface area contributed by atoms with Gasteiger partial charge in [-0.15, -0.1) is 0 Å². The summed E-state index contributed by atoms with van der Waals surface area (Å²) in [7, 11) is -2.10. The van der Waals surface area contributed by atoms with Crippen molar-refractivity contribution in [3.63, 3.8) is 0 Å². The summed E-state index contributed by atoms with van der Waals surface area (Å²) in [5.41, 5.74) is 6.10. The second-order valence-corrected chi connectivity index (χ2v) is 6.32. The number of anilines is 1. The standard InChI is InChI=1S/C12H20N2O3S/c1-9(2)6-7-17-12-5-4-10(8-11(12)13)18(15,16)14-3/h4-5,8-9,14H,6-7,13H2,1-3H3. The van der Waals surface area contributed by atoms with Crippen LogP contribution in [-0.2, 0) is 10.0 Å². The van der Waals surface area contributed by atoms with Gasteiger partial charge in [-0.3, -0.25) is 0 Å². The molecule has 0 spiro atoms. The molecular weight excluding hydrogens is 252 g/mol. The van der Waals surface area contributed by atoms with E-state index in [-0.39, 0.29) is 4.90 Å². The molecule has 0 bridgehead atoms. The first-order valence-corrected chi connectivity index (χ1v) is 7.31. The first-order chi connectivity index (χ1) is 8.36. The number of nitrogen functional groups attached to an aromatic ring is 1. The van der Waals surface area contributed by atoms with Crippen molar-refractivity contribution in [2.45, 2.75) is 25.2 Å². The monoisotopic (exact) mass is 272 g/mol. The van der Waals surface area contributed by atoms with Crippen LogP contribution >= 0.6 is 0 Å². The molecule has 0 saturated heterocycles. The Bertz CT molecular complexity index is 498. The minimum absolute atomic E-state index is 0.138. The fourth-order valence-electron chi connectivity index (χ4n) is 1.35. The topological polar surface area (TPSA) is 81.4 Å². The van der Waals surface area contributed by atoms with Crippen LogP contribution in [0.1, 0.15) is 20.3 Å². The number of nitrogens with two attached hydrogens (primary N) is 1. The number of hydrogen-bond donors (Lipinski definition) is 2. The predicted molar refractivity (Wildman–Crippen MR) is 72.0 cm³/mol. The fraction of sp³-hybridized carbons (Fsp3) is 0.500. The van der Waals surface area contributed by atoms with Crippen molar-refractivity contribution in [1.29, 1.82) is 0 Å². The van der Waals surface area contributed by atoms with Crippen LogP contribution in [0.4, 0.5) is 5.69 Å². The zero-order valence-corrected chi connectivity index (χ0v) is 11.8. The molecule has 3 N–H and O–H groups in total. The zero-order valence-electron chi connectivity index (χ0n) is 10.9. The van der Waals surface area contributed by atoms with E-state index in [1.165, 1.54) is 19.2 Å². The van der Waals surface area contributed by atoms with Crippen molar-refractivity contribution < 1.29 is 13.2 Å². The van der Waals surface area contributed by atoms with Crippen molar-refractivity contribution in [3.05, 3.63) is 18.2 Å². The molecule has 0 aliphatic rings. The Morgan fingerprint density at radius 1 is 1.39 bits per heavy atom. The third-order valence-electron chi connectivity index (χ3n) is 2.51. The van der Waals surface area contributed by atoms with E-state index < -0.39 is 10.0 Å². The maximum atomic E-state index is 11.6. The lowest BCUT2D eigenvalue weighted by Crippen LogP contribution is -2.18. The highest BCUT2D eigenvalue weighted by atomic mass is 32.2. The smallest absolute Gasteiger partial charge is 0.240 e. The van der Waals surface area contributed by atoms with Gasteiger partial charge >= 0.3 is 0 Å². The minimum Gasteiger partial charge on any atom is -0.491 e. The number of benzene rings is 1. The summed E-state index contributed by atoms with van der Waals surface area (Å²) in [5, 5.41) is 0. The Hall–Kier alpha value is -1.27. The van der Waals surface area contributed by atoms with Gasteiger partial charge in [-0.25, -0.2) is 13.1 Å². The number of sulfonamides is 1. The summed E-state index contributed by atoms with van der Waals surface area (Å²) in [4.78, 5) is 0.138. The molecule has 1 aromatic rings. The molecule has 0 atom stereocenters. The van der Waals surface area contributed by atoms with Gasteiger partial charge in [-0.2, -0.15) is 0 Å². The van der Waals surface area contributed by atoms with Crippen LogP contribution in [-0.4, -0.2) is 22.1 Å². The number of ether oxygens (including phenoxy) is 1. The lowest BCUT2D eigenvalue weighted by molar-refractivity contribution is 0.291. The van der Waals surface area contributed by atoms with Crippen LogP contribution in [0.15, 0.2) is 23.1 Å². The third kappa shape index (κ3) is 3.89. The van der Waals surface area contributed by atoms with Crippen LogP contribution < -0.4 is 15.2 Å². The van der Waals surface area contributed by atoms with Crippen molar-refractivity contribution in [2.75, 3.05) is 19.4 Å². The Morgan fingerprint density at radius 2 is 2.06 bits per heavy atom. The highest BCUT2D eigenvalue weighted by Crippen LogP contribution is 2.25. The van der Waals surface area contributed by atoms with Gasteiger partial charge in [0.1, 0.15) is 5.75 Å². The number of hydrogen-bond acceptors (Lipinski definition) is 4. The molecule has 0 radical (unpaired) electrons. The normalized spacial score (nSPS) is 11.8. The summed E-state index contributed by atoms with van der Waals surface area (Å²) in [6.07, 6.45) is 0.927. The Kier molecular flexibility index (Phi) is 4.98. The molecule has 0 fully saturated rings. The maximum absolute atomic E-state index is 11.6. The molecule has 0 aromatic heterocycles. The van der Waals surface area contributed by atoms with Gasteiger partial charge in [0.2, 0.25) is 10.0 Å². The quantitative estimate of drug-likeness (QED) is 0.771. The highest BCUT2D eigenvalue weighted by molar-refractivity contribution is 7.89. The van der Waals surface area contributed by atoms with E-state index in [9.17, 15) is 8.42 Å². The van der Waals surface area contributed by atoms with Gasteiger partial charge < -0.3 is 10.5 Å². The summed E-state index contributed by atoms with van der Waals surface area (Å²) in [6, 6.07) is 4.46. The number of nitrogens with one attached hydrogen (secondary N) is 1. The molecule has 102 valence electrons. The van der Waals surface area contributed by atoms with Gasteiger partial charge in [0.25, 0.3) is 0 Å². The van der Waals surface area contributed by atoms with Crippen LogP contribution in [0.5, 0.6) is 5.75 Å². The molecule has 0 unspecified atom stereocenters. The van der Waals surface area contributed by atoms with E-state index >= 15 is 0 Å². The average molecular weight is 272 g/mol. The molecule has 0 saturated carbocycles. The van der Waals surface area contributed by atoms with E-state index in [4.69, 9.17) is 10.5 Å². The van der Waals surface area contributed by atoms with E-state index in [1.54, 1.807) is 6.07 Å². The van der Waals surface area contributed by atoms with Gasteiger partial charge in [-0.1, -0.05) is 13.8 Å². The Morgan fingerprint density at radius 3 is 2.56 bits per heavy atom. The van der Waals surface area contributed by atoms with Crippen LogP contribution in [0.3, 0.4) is 0 Å². The van der Waals surface area contributed by atoms with Gasteiger partial charge in [-0.05, 0) is 37.6 Å². The molecule has 5 nitrogen and oxygen atoms in total. The fourth-order valence-corrected chi connectivity index (χ4v) is 2.11. The van der Waals surface area contributed by atoms with Crippen LogP contribution in [0, 0.1) is 5.92 Å². The first-order valence-electron chi connectivity index (χ1n) is 5.82. The maximum Gasteiger partial charge on any atom is 0.240 e. The molecule has 0 heterocycles.